The molecule has 2 heterocycles. The maximum Gasteiger partial charge on any atom is 0.228 e. The van der Waals surface area contributed by atoms with E-state index in [-0.39, 0.29) is 0 Å². The van der Waals surface area contributed by atoms with E-state index in [0.29, 0.717) is 11.3 Å². The summed E-state index contributed by atoms with van der Waals surface area (Å²) in [7, 11) is -3.53. The van der Waals surface area contributed by atoms with Gasteiger partial charge < -0.3 is 5.43 Å². The minimum atomic E-state index is -3.53. The van der Waals surface area contributed by atoms with Crippen LogP contribution in [0.4, 0.5) is 4.39 Å². The lowest BCUT2D eigenvalue weighted by Crippen LogP contribution is -2.38. The number of nitrogens with one attached hydrogen (secondary N) is 1. The molecule has 1 atom stereocenters. The summed E-state index contributed by atoms with van der Waals surface area (Å²) in [6, 6.07) is 9.25. The van der Waals surface area contributed by atoms with Gasteiger partial charge in [0.2, 0.25) is 10.0 Å². The second-order valence-corrected chi connectivity index (χ2v) is 7.50. The molecule has 1 aliphatic rings. The number of sulfonamides is 1. The Morgan fingerprint density at radius 1 is 1.24 bits per heavy atom. The van der Waals surface area contributed by atoms with Gasteiger partial charge in [-0.15, -0.1) is 15.8 Å². The molecule has 1 aliphatic heterocycles. The van der Waals surface area contributed by atoms with Crippen LogP contribution in [0.1, 0.15) is 16.5 Å². The highest BCUT2D eigenvalue weighted by molar-refractivity contribution is 7.88. The fourth-order valence-electron chi connectivity index (χ4n) is 2.24. The van der Waals surface area contributed by atoms with E-state index in [1.54, 1.807) is 24.3 Å². The van der Waals surface area contributed by atoms with Crippen molar-refractivity contribution in [1.82, 2.24) is 9.84 Å². The molecule has 1 aromatic heterocycles. The van der Waals surface area contributed by atoms with Gasteiger partial charge in [0.05, 0.1) is 22.9 Å². The zero-order valence-corrected chi connectivity index (χ0v) is 12.8. The molecular formula is C14H13FN2O2S2. The van der Waals surface area contributed by atoms with Crippen LogP contribution in [0, 0.1) is 5.82 Å². The third kappa shape index (κ3) is 2.72. The van der Waals surface area contributed by atoms with E-state index < -0.39 is 21.9 Å². The van der Waals surface area contributed by atoms with Crippen molar-refractivity contribution in [2.45, 2.75) is 6.04 Å². The second kappa shape index (κ2) is 5.25. The molecule has 0 bridgehead atoms. The summed E-state index contributed by atoms with van der Waals surface area (Å²) in [5.74, 6) is -0.429. The summed E-state index contributed by atoms with van der Waals surface area (Å²) in [6.07, 6.45) is 2.82. The van der Waals surface area contributed by atoms with Crippen molar-refractivity contribution in [2.24, 2.45) is 0 Å². The number of hydrogen-bond donors (Lipinski definition) is 1. The first-order valence-corrected chi connectivity index (χ1v) is 8.96. The van der Waals surface area contributed by atoms with Crippen LogP contribution < -0.4 is 5.43 Å². The first kappa shape index (κ1) is 14.2. The van der Waals surface area contributed by atoms with Crippen molar-refractivity contribution in [2.75, 3.05) is 6.26 Å². The van der Waals surface area contributed by atoms with Crippen LogP contribution >= 0.6 is 11.3 Å². The minimum absolute atomic E-state index is 0.321. The van der Waals surface area contributed by atoms with Gasteiger partial charge in [0, 0.05) is 5.56 Å². The number of nitrogens with zero attached hydrogens (tertiary/aromatic N) is 1. The summed E-state index contributed by atoms with van der Waals surface area (Å²) >= 11 is 1.49. The summed E-state index contributed by atoms with van der Waals surface area (Å²) in [6.45, 7) is 0. The number of hydrogen-bond acceptors (Lipinski definition) is 4. The lowest BCUT2D eigenvalue weighted by molar-refractivity contribution is 0.344. The van der Waals surface area contributed by atoms with E-state index in [4.69, 9.17) is 0 Å². The minimum Gasteiger partial charge on any atom is -0.304 e. The number of hydrazine groups is 1. The third-order valence-electron chi connectivity index (χ3n) is 3.18. The van der Waals surface area contributed by atoms with Crippen molar-refractivity contribution in [3.05, 3.63) is 64.1 Å². The van der Waals surface area contributed by atoms with Gasteiger partial charge in [-0.3, -0.25) is 0 Å². The van der Waals surface area contributed by atoms with Gasteiger partial charge in [-0.2, -0.15) is 0 Å². The molecule has 0 spiro atoms. The quantitative estimate of drug-likeness (QED) is 0.944. The van der Waals surface area contributed by atoms with Crippen molar-refractivity contribution in [3.8, 4) is 0 Å². The average Bonchev–Trinajstić information content (AvgIpc) is 3.07. The first-order valence-electron chi connectivity index (χ1n) is 6.23. The van der Waals surface area contributed by atoms with Gasteiger partial charge >= 0.3 is 0 Å². The Kier molecular flexibility index (Phi) is 3.56. The van der Waals surface area contributed by atoms with Crippen LogP contribution in [0.5, 0.6) is 0 Å². The lowest BCUT2D eigenvalue weighted by atomic mass is 10.1. The Morgan fingerprint density at radius 3 is 2.62 bits per heavy atom. The van der Waals surface area contributed by atoms with E-state index in [9.17, 15) is 12.8 Å². The molecule has 1 aromatic carbocycles. The highest BCUT2D eigenvalue weighted by Crippen LogP contribution is 2.35. The van der Waals surface area contributed by atoms with E-state index in [2.05, 4.69) is 5.43 Å². The van der Waals surface area contributed by atoms with Crippen LogP contribution in [0.3, 0.4) is 0 Å². The zero-order chi connectivity index (χ0) is 15.0. The molecule has 3 rings (SSSR count). The molecule has 21 heavy (non-hydrogen) atoms. The van der Waals surface area contributed by atoms with Gasteiger partial charge in [0.15, 0.2) is 0 Å². The molecule has 0 radical (unpaired) electrons. The van der Waals surface area contributed by atoms with Crippen molar-refractivity contribution in [1.29, 1.82) is 0 Å². The SMILES string of the molecule is CS(=O)(=O)N1NC(c2cccs2)=CC1c1ccccc1F. The normalized spacial score (nSPS) is 19.3. The molecule has 4 nitrogen and oxygen atoms in total. The molecule has 0 saturated heterocycles. The zero-order valence-electron chi connectivity index (χ0n) is 11.2. The fraction of sp³-hybridized carbons (Fsp3) is 0.143. The third-order valence-corrected chi connectivity index (χ3v) is 5.11. The molecule has 0 aliphatic carbocycles. The standard InChI is InChI=1S/C14H13FN2O2S2/c1-21(18,19)17-13(10-5-2-3-6-11(10)15)9-12(16-17)14-7-4-8-20-14/h2-9,13,16H,1H3. The van der Waals surface area contributed by atoms with E-state index in [1.165, 1.54) is 17.4 Å². The molecule has 7 heteroatoms. The van der Waals surface area contributed by atoms with Crippen molar-refractivity contribution >= 4 is 27.1 Å². The number of rotatable bonds is 3. The maximum atomic E-state index is 14.0. The van der Waals surface area contributed by atoms with Crippen LogP contribution in [0.25, 0.3) is 5.70 Å². The summed E-state index contributed by atoms with van der Waals surface area (Å²) in [5, 5.41) is 1.90. The van der Waals surface area contributed by atoms with E-state index in [0.717, 1.165) is 15.5 Å². The van der Waals surface area contributed by atoms with E-state index >= 15 is 0 Å². The highest BCUT2D eigenvalue weighted by Gasteiger charge is 2.34. The fourth-order valence-corrected chi connectivity index (χ4v) is 3.79. The predicted octanol–water partition coefficient (Wildman–Crippen LogP) is 2.75. The Hall–Kier alpha value is -1.70. The Labute approximate surface area is 126 Å². The van der Waals surface area contributed by atoms with Gasteiger partial charge in [-0.25, -0.2) is 12.8 Å². The van der Waals surface area contributed by atoms with Crippen LogP contribution in [0.2, 0.25) is 0 Å². The molecule has 1 unspecified atom stereocenters. The Bertz CT molecular complexity index is 785. The summed E-state index contributed by atoms with van der Waals surface area (Å²) in [5.41, 5.74) is 3.85. The van der Waals surface area contributed by atoms with Gasteiger partial charge in [-0.1, -0.05) is 24.3 Å². The molecule has 0 amide bonds. The van der Waals surface area contributed by atoms with Crippen LogP contribution in [0.15, 0.2) is 47.9 Å². The Balaban J connectivity index is 2.07. The monoisotopic (exact) mass is 324 g/mol. The highest BCUT2D eigenvalue weighted by atomic mass is 32.2. The summed E-state index contributed by atoms with van der Waals surface area (Å²) in [4.78, 5) is 0.905. The average molecular weight is 324 g/mol. The molecular weight excluding hydrogens is 311 g/mol. The van der Waals surface area contributed by atoms with Gasteiger partial charge in [0.25, 0.3) is 0 Å². The Morgan fingerprint density at radius 2 is 2.00 bits per heavy atom. The first-order chi connectivity index (χ1) is 9.97. The topological polar surface area (TPSA) is 49.4 Å². The van der Waals surface area contributed by atoms with Crippen molar-refractivity contribution < 1.29 is 12.8 Å². The van der Waals surface area contributed by atoms with Crippen LogP contribution in [-0.4, -0.2) is 19.1 Å². The number of thiophene rings is 1. The van der Waals surface area contributed by atoms with Gasteiger partial charge in [0.1, 0.15) is 5.82 Å². The summed E-state index contributed by atoms with van der Waals surface area (Å²) < 4.78 is 39.0. The molecule has 1 N–H and O–H groups in total. The number of halogens is 1. The maximum absolute atomic E-state index is 14.0. The second-order valence-electron chi connectivity index (χ2n) is 4.69. The number of benzene rings is 1. The van der Waals surface area contributed by atoms with Crippen molar-refractivity contribution in [3.63, 3.8) is 0 Å². The molecule has 0 fully saturated rings. The van der Waals surface area contributed by atoms with E-state index in [1.807, 2.05) is 17.5 Å². The van der Waals surface area contributed by atoms with Gasteiger partial charge in [-0.05, 0) is 23.6 Å². The van der Waals surface area contributed by atoms with Crippen LogP contribution in [-0.2, 0) is 10.0 Å². The predicted molar refractivity (Wildman–Crippen MR) is 81.3 cm³/mol. The lowest BCUT2D eigenvalue weighted by Gasteiger charge is -2.22. The smallest absolute Gasteiger partial charge is 0.228 e. The largest absolute Gasteiger partial charge is 0.304 e. The molecule has 0 saturated carbocycles. The molecule has 2 aromatic rings. The molecule has 110 valence electrons.